The van der Waals surface area contributed by atoms with Gasteiger partial charge in [0.1, 0.15) is 12.0 Å². The molecular formula is C8H5BrN2O. The molecule has 0 fully saturated rings. The number of hydrogen-bond acceptors (Lipinski definition) is 3. The molecule has 0 atom stereocenters. The summed E-state index contributed by atoms with van der Waals surface area (Å²) in [6.07, 6.45) is 6.45. The normalized spacial score (nSPS) is 10.1. The van der Waals surface area contributed by atoms with Gasteiger partial charge in [0.05, 0.1) is 0 Å². The highest BCUT2D eigenvalue weighted by Gasteiger charge is 2.00. The van der Waals surface area contributed by atoms with Crippen LogP contribution in [0.4, 0.5) is 0 Å². The van der Waals surface area contributed by atoms with Gasteiger partial charge in [0, 0.05) is 22.4 Å². The van der Waals surface area contributed by atoms with Gasteiger partial charge >= 0.3 is 0 Å². The lowest BCUT2D eigenvalue weighted by Crippen LogP contribution is -1.78. The number of nitrogens with zero attached hydrogens (tertiary/aromatic N) is 2. The molecular weight excluding hydrogens is 220 g/mol. The molecule has 2 aromatic rings. The van der Waals surface area contributed by atoms with Crippen LogP contribution in [0, 0.1) is 0 Å². The zero-order valence-corrected chi connectivity index (χ0v) is 7.65. The molecule has 0 radical (unpaired) electrons. The van der Waals surface area contributed by atoms with Crippen LogP contribution < -0.4 is 0 Å². The molecule has 2 rings (SSSR count). The average Bonchev–Trinajstić information content (AvgIpc) is 2.56. The second-order valence-corrected chi connectivity index (χ2v) is 3.18. The van der Waals surface area contributed by atoms with Crippen molar-refractivity contribution < 1.29 is 4.42 Å². The van der Waals surface area contributed by atoms with Gasteiger partial charge in [-0.3, -0.25) is 4.98 Å². The van der Waals surface area contributed by atoms with E-state index in [1.807, 2.05) is 6.07 Å². The standard InChI is InChI=1S/C8H5BrN2O/c9-7-1-6(2-10-3-7)8-4-12-5-11-8/h1-5H. The molecule has 0 aliphatic heterocycles. The van der Waals surface area contributed by atoms with Gasteiger partial charge < -0.3 is 4.42 Å². The second kappa shape index (κ2) is 3.06. The number of pyridine rings is 1. The minimum absolute atomic E-state index is 0.795. The summed E-state index contributed by atoms with van der Waals surface area (Å²) >= 11 is 3.33. The van der Waals surface area contributed by atoms with Crippen LogP contribution in [0.15, 0.2) is 40.0 Å². The van der Waals surface area contributed by atoms with Crippen LogP contribution in [-0.2, 0) is 0 Å². The minimum atomic E-state index is 0.795. The largest absolute Gasteiger partial charge is 0.451 e. The van der Waals surface area contributed by atoms with Gasteiger partial charge in [0.2, 0.25) is 0 Å². The molecule has 0 aliphatic rings. The van der Waals surface area contributed by atoms with E-state index in [0.29, 0.717) is 0 Å². The molecule has 3 nitrogen and oxygen atoms in total. The molecule has 0 N–H and O–H groups in total. The molecule has 2 aromatic heterocycles. The third-order valence-electron chi connectivity index (χ3n) is 1.43. The van der Waals surface area contributed by atoms with Crippen LogP contribution in [0.5, 0.6) is 0 Å². The fourth-order valence-electron chi connectivity index (χ4n) is 0.907. The summed E-state index contributed by atoms with van der Waals surface area (Å²) in [6, 6.07) is 1.94. The molecule has 0 aliphatic carbocycles. The molecule has 0 bridgehead atoms. The Labute approximate surface area is 77.6 Å². The van der Waals surface area contributed by atoms with E-state index in [9.17, 15) is 0 Å². The van der Waals surface area contributed by atoms with Gasteiger partial charge in [-0.05, 0) is 22.0 Å². The number of halogens is 1. The molecule has 60 valence electrons. The molecule has 0 aromatic carbocycles. The fourth-order valence-corrected chi connectivity index (χ4v) is 1.27. The minimum Gasteiger partial charge on any atom is -0.451 e. The zero-order valence-electron chi connectivity index (χ0n) is 6.07. The summed E-state index contributed by atoms with van der Waals surface area (Å²) in [4.78, 5) is 8.01. The molecule has 2 heterocycles. The van der Waals surface area contributed by atoms with E-state index in [2.05, 4.69) is 25.9 Å². The van der Waals surface area contributed by atoms with Gasteiger partial charge in [-0.15, -0.1) is 0 Å². The maximum absolute atomic E-state index is 4.85. The second-order valence-electron chi connectivity index (χ2n) is 2.27. The molecule has 0 spiro atoms. The monoisotopic (exact) mass is 224 g/mol. The van der Waals surface area contributed by atoms with Crippen LogP contribution in [0.25, 0.3) is 11.3 Å². The van der Waals surface area contributed by atoms with Crippen LogP contribution in [-0.4, -0.2) is 9.97 Å². The Hall–Kier alpha value is -1.16. The van der Waals surface area contributed by atoms with Gasteiger partial charge in [-0.2, -0.15) is 0 Å². The van der Waals surface area contributed by atoms with Crippen molar-refractivity contribution in [1.82, 2.24) is 9.97 Å². The molecule has 0 unspecified atom stereocenters. The van der Waals surface area contributed by atoms with Crippen LogP contribution in [0.1, 0.15) is 0 Å². The SMILES string of the molecule is Brc1cncc(-c2cocn2)c1. The maximum atomic E-state index is 4.85. The Bertz CT molecular complexity index is 372. The predicted molar refractivity (Wildman–Crippen MR) is 47.4 cm³/mol. The lowest BCUT2D eigenvalue weighted by atomic mass is 10.2. The Morgan fingerprint density at radius 1 is 1.33 bits per heavy atom. The van der Waals surface area contributed by atoms with Gasteiger partial charge in [0.15, 0.2) is 6.39 Å². The number of oxazole rings is 1. The lowest BCUT2D eigenvalue weighted by Gasteiger charge is -1.93. The summed E-state index contributed by atoms with van der Waals surface area (Å²) in [5.41, 5.74) is 1.74. The smallest absolute Gasteiger partial charge is 0.181 e. The molecule has 0 saturated heterocycles. The first-order valence-electron chi connectivity index (χ1n) is 3.35. The van der Waals surface area contributed by atoms with E-state index in [0.717, 1.165) is 15.7 Å². The number of aromatic nitrogens is 2. The first kappa shape index (κ1) is 7.49. The highest BCUT2D eigenvalue weighted by Crippen LogP contribution is 2.19. The van der Waals surface area contributed by atoms with Crippen LogP contribution >= 0.6 is 15.9 Å². The quantitative estimate of drug-likeness (QED) is 0.748. The summed E-state index contributed by atoms with van der Waals surface area (Å²) in [5, 5.41) is 0. The molecule has 12 heavy (non-hydrogen) atoms. The topological polar surface area (TPSA) is 38.9 Å². The van der Waals surface area contributed by atoms with Crippen molar-refractivity contribution in [3.63, 3.8) is 0 Å². The Balaban J connectivity index is 2.48. The van der Waals surface area contributed by atoms with Crippen molar-refractivity contribution in [2.45, 2.75) is 0 Å². The van der Waals surface area contributed by atoms with Crippen molar-refractivity contribution in [3.8, 4) is 11.3 Å². The van der Waals surface area contributed by atoms with E-state index in [1.165, 1.54) is 6.39 Å². The third-order valence-corrected chi connectivity index (χ3v) is 1.87. The van der Waals surface area contributed by atoms with Gasteiger partial charge in [0.25, 0.3) is 0 Å². The Morgan fingerprint density at radius 2 is 2.25 bits per heavy atom. The molecule has 0 amide bonds. The highest BCUT2D eigenvalue weighted by atomic mass is 79.9. The summed E-state index contributed by atoms with van der Waals surface area (Å²) < 4.78 is 5.79. The number of rotatable bonds is 1. The Kier molecular flexibility index (Phi) is 1.91. The van der Waals surface area contributed by atoms with Crippen LogP contribution in [0.2, 0.25) is 0 Å². The molecule has 0 saturated carbocycles. The van der Waals surface area contributed by atoms with E-state index in [4.69, 9.17) is 4.42 Å². The van der Waals surface area contributed by atoms with Crippen molar-refractivity contribution >= 4 is 15.9 Å². The fraction of sp³-hybridized carbons (Fsp3) is 0. The lowest BCUT2D eigenvalue weighted by molar-refractivity contribution is 0.558. The predicted octanol–water partition coefficient (Wildman–Crippen LogP) is 2.50. The van der Waals surface area contributed by atoms with Crippen molar-refractivity contribution in [1.29, 1.82) is 0 Å². The van der Waals surface area contributed by atoms with Crippen molar-refractivity contribution in [2.24, 2.45) is 0 Å². The van der Waals surface area contributed by atoms with Gasteiger partial charge in [-0.1, -0.05) is 0 Å². The van der Waals surface area contributed by atoms with Crippen LogP contribution in [0.3, 0.4) is 0 Å². The van der Waals surface area contributed by atoms with E-state index in [-0.39, 0.29) is 0 Å². The Morgan fingerprint density at radius 3 is 2.92 bits per heavy atom. The van der Waals surface area contributed by atoms with E-state index >= 15 is 0 Å². The third kappa shape index (κ3) is 1.38. The number of hydrogen-bond donors (Lipinski definition) is 0. The first-order chi connectivity index (χ1) is 5.86. The molecule has 4 heteroatoms. The van der Waals surface area contributed by atoms with Crippen molar-refractivity contribution in [2.75, 3.05) is 0 Å². The summed E-state index contributed by atoms with van der Waals surface area (Å²) in [6.45, 7) is 0. The van der Waals surface area contributed by atoms with Gasteiger partial charge in [-0.25, -0.2) is 4.98 Å². The summed E-state index contributed by atoms with van der Waals surface area (Å²) in [7, 11) is 0. The van der Waals surface area contributed by atoms with E-state index in [1.54, 1.807) is 18.7 Å². The summed E-state index contributed by atoms with van der Waals surface area (Å²) in [5.74, 6) is 0. The van der Waals surface area contributed by atoms with Crippen molar-refractivity contribution in [3.05, 3.63) is 35.6 Å². The highest BCUT2D eigenvalue weighted by molar-refractivity contribution is 9.10. The first-order valence-corrected chi connectivity index (χ1v) is 4.14. The maximum Gasteiger partial charge on any atom is 0.181 e. The average molecular weight is 225 g/mol. The zero-order chi connectivity index (χ0) is 8.39. The van der Waals surface area contributed by atoms with E-state index < -0.39 is 0 Å².